The van der Waals surface area contributed by atoms with Crippen LogP contribution in [0.1, 0.15) is 39.5 Å². The summed E-state index contributed by atoms with van der Waals surface area (Å²) in [6.07, 6.45) is 3.02. The van der Waals surface area contributed by atoms with E-state index in [4.69, 9.17) is 9.57 Å². The van der Waals surface area contributed by atoms with E-state index in [2.05, 4.69) is 17.7 Å². The monoisotopic (exact) mass is 262 g/mol. The van der Waals surface area contributed by atoms with Crippen molar-refractivity contribution < 1.29 is 19.5 Å². The van der Waals surface area contributed by atoms with Gasteiger partial charge in [-0.15, -0.1) is 0 Å². The second-order valence-corrected chi connectivity index (χ2v) is 4.35. The van der Waals surface area contributed by atoms with Gasteiger partial charge in [-0.05, 0) is 19.8 Å². The lowest BCUT2D eigenvalue weighted by atomic mass is 10.1. The number of aliphatic hydroxyl groups is 1. The molecule has 0 heterocycles. The molecule has 0 rings (SSSR count). The number of carbonyl (C=O) groups is 1. The Hall–Kier alpha value is -0.850. The molecule has 2 atom stereocenters. The van der Waals surface area contributed by atoms with Crippen LogP contribution in [0, 0.1) is 0 Å². The Bertz CT molecular complexity index is 214. The highest BCUT2D eigenvalue weighted by Crippen LogP contribution is 2.06. The van der Waals surface area contributed by atoms with Crippen molar-refractivity contribution >= 4 is 6.03 Å². The van der Waals surface area contributed by atoms with Crippen LogP contribution in [-0.2, 0) is 9.57 Å². The van der Waals surface area contributed by atoms with Crippen LogP contribution in [0.3, 0.4) is 0 Å². The lowest BCUT2D eigenvalue weighted by molar-refractivity contribution is 0.0233. The van der Waals surface area contributed by atoms with Crippen molar-refractivity contribution in [1.29, 1.82) is 0 Å². The third kappa shape index (κ3) is 10.3. The largest absolute Gasteiger partial charge is 0.393 e. The molecule has 0 fully saturated rings. The van der Waals surface area contributed by atoms with E-state index in [0.29, 0.717) is 19.6 Å². The Kier molecular flexibility index (Phi) is 10.7. The van der Waals surface area contributed by atoms with E-state index in [9.17, 15) is 9.90 Å². The Morgan fingerprint density at radius 2 is 2.11 bits per heavy atom. The molecule has 0 saturated heterocycles. The van der Waals surface area contributed by atoms with Gasteiger partial charge in [-0.3, -0.25) is 4.84 Å². The maximum Gasteiger partial charge on any atom is 0.338 e. The summed E-state index contributed by atoms with van der Waals surface area (Å²) in [5.74, 6) is 0. The molecule has 0 bridgehead atoms. The molecule has 6 nitrogen and oxygen atoms in total. The van der Waals surface area contributed by atoms with Crippen LogP contribution in [0.4, 0.5) is 4.79 Å². The van der Waals surface area contributed by atoms with Crippen molar-refractivity contribution in [2.24, 2.45) is 0 Å². The number of urea groups is 1. The molecule has 0 aromatic rings. The lowest BCUT2D eigenvalue weighted by Crippen LogP contribution is -2.42. The van der Waals surface area contributed by atoms with Gasteiger partial charge in [0.1, 0.15) is 0 Å². The number of hydrogen-bond donors (Lipinski definition) is 3. The molecule has 0 aliphatic heterocycles. The van der Waals surface area contributed by atoms with E-state index in [1.807, 2.05) is 6.92 Å². The average Bonchev–Trinajstić information content (AvgIpc) is 2.31. The van der Waals surface area contributed by atoms with E-state index in [0.717, 1.165) is 19.3 Å². The Labute approximate surface area is 109 Å². The predicted octanol–water partition coefficient (Wildman–Crippen LogP) is 1.19. The fourth-order valence-electron chi connectivity index (χ4n) is 1.52. The predicted molar refractivity (Wildman–Crippen MR) is 69.1 cm³/mol. The van der Waals surface area contributed by atoms with E-state index in [1.165, 1.54) is 0 Å². The third-order valence-electron chi connectivity index (χ3n) is 2.45. The van der Waals surface area contributed by atoms with Gasteiger partial charge in [0.05, 0.1) is 19.3 Å². The van der Waals surface area contributed by atoms with Crippen molar-refractivity contribution in [3.05, 3.63) is 0 Å². The summed E-state index contributed by atoms with van der Waals surface area (Å²) in [5.41, 5.74) is 2.25. The molecule has 0 saturated carbocycles. The van der Waals surface area contributed by atoms with Gasteiger partial charge < -0.3 is 15.2 Å². The normalized spacial score (nSPS) is 14.0. The highest BCUT2D eigenvalue weighted by molar-refractivity contribution is 5.72. The minimum atomic E-state index is -0.402. The SMILES string of the molecule is CCCCC(O)CC(C)NC(=O)NOCCOC. The number of unbranched alkanes of at least 4 members (excludes halogenated alkanes) is 1. The van der Waals surface area contributed by atoms with Crippen molar-refractivity contribution in [2.45, 2.75) is 51.7 Å². The van der Waals surface area contributed by atoms with E-state index in [-0.39, 0.29) is 12.1 Å². The zero-order chi connectivity index (χ0) is 13.8. The molecule has 6 heteroatoms. The Morgan fingerprint density at radius 1 is 1.39 bits per heavy atom. The third-order valence-corrected chi connectivity index (χ3v) is 2.45. The van der Waals surface area contributed by atoms with Crippen molar-refractivity contribution in [1.82, 2.24) is 10.8 Å². The van der Waals surface area contributed by atoms with Crippen LogP contribution in [-0.4, -0.2) is 43.6 Å². The lowest BCUT2D eigenvalue weighted by Gasteiger charge is -2.17. The summed E-state index contributed by atoms with van der Waals surface area (Å²) in [6.45, 7) is 4.66. The zero-order valence-electron chi connectivity index (χ0n) is 11.6. The average molecular weight is 262 g/mol. The first-order chi connectivity index (χ1) is 8.60. The summed E-state index contributed by atoms with van der Waals surface area (Å²) in [4.78, 5) is 16.2. The number of nitrogens with one attached hydrogen (secondary N) is 2. The van der Waals surface area contributed by atoms with Gasteiger partial charge in [0.25, 0.3) is 0 Å². The molecule has 0 aromatic carbocycles. The molecule has 3 N–H and O–H groups in total. The Morgan fingerprint density at radius 3 is 2.72 bits per heavy atom. The first-order valence-electron chi connectivity index (χ1n) is 6.45. The van der Waals surface area contributed by atoms with Gasteiger partial charge >= 0.3 is 6.03 Å². The van der Waals surface area contributed by atoms with Gasteiger partial charge in [0.15, 0.2) is 0 Å². The summed E-state index contributed by atoms with van der Waals surface area (Å²) in [7, 11) is 1.56. The van der Waals surface area contributed by atoms with Gasteiger partial charge in [-0.2, -0.15) is 0 Å². The second-order valence-electron chi connectivity index (χ2n) is 4.35. The zero-order valence-corrected chi connectivity index (χ0v) is 11.6. The number of amides is 2. The molecular formula is C12H26N2O4. The van der Waals surface area contributed by atoms with Crippen LogP contribution in [0.15, 0.2) is 0 Å². The van der Waals surface area contributed by atoms with Crippen LogP contribution < -0.4 is 10.8 Å². The van der Waals surface area contributed by atoms with E-state index < -0.39 is 6.03 Å². The fraction of sp³-hybridized carbons (Fsp3) is 0.917. The van der Waals surface area contributed by atoms with Crippen molar-refractivity contribution in [3.63, 3.8) is 0 Å². The van der Waals surface area contributed by atoms with Crippen molar-refractivity contribution in [2.75, 3.05) is 20.3 Å². The summed E-state index contributed by atoms with van der Waals surface area (Å²) in [6, 6.07) is -0.496. The molecule has 2 amide bonds. The molecule has 0 aliphatic carbocycles. The van der Waals surface area contributed by atoms with Crippen molar-refractivity contribution in [3.8, 4) is 0 Å². The van der Waals surface area contributed by atoms with Crippen LogP contribution in [0.5, 0.6) is 0 Å². The van der Waals surface area contributed by atoms with E-state index in [1.54, 1.807) is 7.11 Å². The van der Waals surface area contributed by atoms with Crippen LogP contribution in [0.25, 0.3) is 0 Å². The van der Waals surface area contributed by atoms with Crippen LogP contribution >= 0.6 is 0 Å². The highest BCUT2D eigenvalue weighted by atomic mass is 16.7. The van der Waals surface area contributed by atoms with Gasteiger partial charge in [0.2, 0.25) is 0 Å². The summed E-state index contributed by atoms with van der Waals surface area (Å²) < 4.78 is 4.77. The number of methoxy groups -OCH3 is 1. The molecule has 18 heavy (non-hydrogen) atoms. The first kappa shape index (κ1) is 17.2. The van der Waals surface area contributed by atoms with Crippen LogP contribution in [0.2, 0.25) is 0 Å². The number of carbonyl (C=O) groups excluding carboxylic acids is 1. The quantitative estimate of drug-likeness (QED) is 0.408. The maximum absolute atomic E-state index is 11.3. The molecule has 0 aliphatic rings. The molecule has 108 valence electrons. The summed E-state index contributed by atoms with van der Waals surface area (Å²) >= 11 is 0. The molecule has 2 unspecified atom stereocenters. The maximum atomic E-state index is 11.3. The molecule has 0 radical (unpaired) electrons. The number of rotatable bonds is 10. The molecule has 0 spiro atoms. The number of aliphatic hydroxyl groups excluding tert-OH is 1. The second kappa shape index (κ2) is 11.3. The number of ether oxygens (including phenoxy) is 1. The minimum absolute atomic E-state index is 0.0946. The smallest absolute Gasteiger partial charge is 0.338 e. The summed E-state index contributed by atoms with van der Waals surface area (Å²) in [5, 5.41) is 12.4. The minimum Gasteiger partial charge on any atom is -0.393 e. The topological polar surface area (TPSA) is 79.8 Å². The molecule has 0 aromatic heterocycles. The first-order valence-corrected chi connectivity index (χ1v) is 6.45. The van der Waals surface area contributed by atoms with Gasteiger partial charge in [0, 0.05) is 13.2 Å². The highest BCUT2D eigenvalue weighted by Gasteiger charge is 2.12. The van der Waals surface area contributed by atoms with Gasteiger partial charge in [-0.1, -0.05) is 19.8 Å². The number of hydrogen-bond acceptors (Lipinski definition) is 4. The standard InChI is InChI=1S/C12H26N2O4/c1-4-5-6-11(15)9-10(2)13-12(16)14-18-8-7-17-3/h10-11,15H,4-9H2,1-3H3,(H2,13,14,16). The fourth-order valence-corrected chi connectivity index (χ4v) is 1.52. The number of hydroxylamine groups is 1. The molecular weight excluding hydrogens is 236 g/mol. The van der Waals surface area contributed by atoms with E-state index >= 15 is 0 Å². The van der Waals surface area contributed by atoms with Gasteiger partial charge in [-0.25, -0.2) is 10.3 Å². The Balaban J connectivity index is 3.59.